The predicted octanol–water partition coefficient (Wildman–Crippen LogP) is 3.91. The summed E-state index contributed by atoms with van der Waals surface area (Å²) in [6.45, 7) is 5.60. The number of likely N-dealkylation sites (N-methyl/N-ethyl adjacent to an activating group) is 1. The van der Waals surface area contributed by atoms with E-state index in [1.807, 2.05) is 31.4 Å². The Morgan fingerprint density at radius 1 is 1.37 bits per heavy atom. The second-order valence-corrected chi connectivity index (χ2v) is 5.64. The molecule has 1 aliphatic rings. The first-order valence-electron chi connectivity index (χ1n) is 6.18. The van der Waals surface area contributed by atoms with Crippen molar-refractivity contribution in [1.29, 1.82) is 0 Å². The molecule has 1 N–H and O–H groups in total. The van der Waals surface area contributed by atoms with Gasteiger partial charge in [0.15, 0.2) is 3.95 Å². The minimum atomic E-state index is 0.226. The van der Waals surface area contributed by atoms with Gasteiger partial charge >= 0.3 is 0 Å². The first kappa shape index (κ1) is 13.9. The van der Waals surface area contributed by atoms with Gasteiger partial charge in [0, 0.05) is 25.4 Å². The molecule has 0 saturated heterocycles. The van der Waals surface area contributed by atoms with E-state index in [1.165, 1.54) is 11.3 Å². The first-order chi connectivity index (χ1) is 9.17. The zero-order chi connectivity index (χ0) is 13.8. The predicted molar refractivity (Wildman–Crippen MR) is 82.6 cm³/mol. The molecular formula is C14H16N2OS2. The highest BCUT2D eigenvalue weighted by atomic mass is 32.1. The summed E-state index contributed by atoms with van der Waals surface area (Å²) in [4.78, 5) is 2.84. The van der Waals surface area contributed by atoms with Gasteiger partial charge < -0.3 is 10.0 Å². The van der Waals surface area contributed by atoms with E-state index < -0.39 is 0 Å². The van der Waals surface area contributed by atoms with Crippen molar-refractivity contribution in [2.45, 2.75) is 20.4 Å². The summed E-state index contributed by atoms with van der Waals surface area (Å²) in [7, 11) is 0. The van der Waals surface area contributed by atoms with Crippen LogP contribution < -0.4 is 0 Å². The number of aromatic nitrogens is 1. The van der Waals surface area contributed by atoms with E-state index in [2.05, 4.69) is 17.6 Å². The minimum Gasteiger partial charge on any atom is -0.493 e. The lowest BCUT2D eigenvalue weighted by molar-refractivity contribution is 0.419. The van der Waals surface area contributed by atoms with Crippen molar-refractivity contribution in [3.63, 3.8) is 0 Å². The Bertz CT molecular complexity index is 643. The van der Waals surface area contributed by atoms with Crippen LogP contribution in [0.5, 0.6) is 5.88 Å². The maximum atomic E-state index is 10.0. The van der Waals surface area contributed by atoms with Gasteiger partial charge in [0.1, 0.15) is 0 Å². The van der Waals surface area contributed by atoms with E-state index in [4.69, 9.17) is 12.2 Å². The van der Waals surface area contributed by atoms with E-state index >= 15 is 0 Å². The summed E-state index contributed by atoms with van der Waals surface area (Å²) in [5, 5.41) is 10.0. The molecule has 0 amide bonds. The molecule has 1 aliphatic heterocycles. The molecular weight excluding hydrogens is 276 g/mol. The summed E-state index contributed by atoms with van der Waals surface area (Å²) >= 11 is 6.61. The van der Waals surface area contributed by atoms with Crippen LogP contribution in [-0.4, -0.2) is 21.1 Å². The van der Waals surface area contributed by atoms with Crippen LogP contribution in [0.1, 0.15) is 18.7 Å². The third kappa shape index (κ3) is 2.89. The van der Waals surface area contributed by atoms with Gasteiger partial charge in [-0.25, -0.2) is 0 Å². The van der Waals surface area contributed by atoms with Crippen LogP contribution in [0, 0.1) is 3.95 Å². The highest BCUT2D eigenvalue weighted by Crippen LogP contribution is 2.27. The number of nitrogens with zero attached hydrogens (tertiary/aromatic N) is 2. The van der Waals surface area contributed by atoms with Gasteiger partial charge in [-0.3, -0.25) is 4.57 Å². The molecule has 19 heavy (non-hydrogen) atoms. The maximum Gasteiger partial charge on any atom is 0.211 e. The quantitative estimate of drug-likeness (QED) is 0.676. The Morgan fingerprint density at radius 3 is 2.79 bits per heavy atom. The molecule has 1 aromatic rings. The third-order valence-electron chi connectivity index (χ3n) is 2.84. The standard InChI is InChI=1S/C14H16N2OS2/c1-3-15-10-6-5-7-11(15)8-9-12-13(17)16(4-2)14(18)19-12/h5-7,9-10,17H,3-4H2,1-2H3. The van der Waals surface area contributed by atoms with Crippen LogP contribution >= 0.6 is 23.6 Å². The summed E-state index contributed by atoms with van der Waals surface area (Å²) in [5.41, 5.74) is 4.19. The van der Waals surface area contributed by atoms with E-state index in [-0.39, 0.29) is 5.88 Å². The Labute approximate surface area is 122 Å². The van der Waals surface area contributed by atoms with Crippen molar-refractivity contribution < 1.29 is 5.11 Å². The number of thiazole rings is 1. The van der Waals surface area contributed by atoms with Gasteiger partial charge in [-0.15, -0.1) is 11.3 Å². The van der Waals surface area contributed by atoms with Crippen LogP contribution in [-0.2, 0) is 6.54 Å². The first-order valence-corrected chi connectivity index (χ1v) is 7.40. The van der Waals surface area contributed by atoms with Crippen molar-refractivity contribution in [2.24, 2.45) is 0 Å². The minimum absolute atomic E-state index is 0.226. The van der Waals surface area contributed by atoms with Gasteiger partial charge in [-0.05, 0) is 38.2 Å². The zero-order valence-corrected chi connectivity index (χ0v) is 12.6. The molecule has 0 bridgehead atoms. The Morgan fingerprint density at radius 2 is 2.16 bits per heavy atom. The number of allylic oxidation sites excluding steroid dienone is 3. The number of aromatic hydroxyl groups is 1. The monoisotopic (exact) mass is 292 g/mol. The average molecular weight is 292 g/mol. The van der Waals surface area contributed by atoms with Crippen molar-refractivity contribution in [3.05, 3.63) is 44.7 Å². The van der Waals surface area contributed by atoms with Crippen molar-refractivity contribution in [2.75, 3.05) is 6.54 Å². The molecule has 0 radical (unpaired) electrons. The lowest BCUT2D eigenvalue weighted by Gasteiger charge is -2.19. The number of hydrogen-bond acceptors (Lipinski definition) is 4. The smallest absolute Gasteiger partial charge is 0.211 e. The van der Waals surface area contributed by atoms with Gasteiger partial charge in [-0.1, -0.05) is 11.8 Å². The molecule has 0 aliphatic carbocycles. The van der Waals surface area contributed by atoms with E-state index in [9.17, 15) is 5.11 Å². The number of rotatable bonds is 3. The fourth-order valence-electron chi connectivity index (χ4n) is 1.81. The van der Waals surface area contributed by atoms with Gasteiger partial charge in [0.2, 0.25) is 5.88 Å². The SMILES string of the molecule is CCN1C=CC=CC1=C=Cc1sc(=S)n(CC)c1O. The normalized spacial score (nSPS) is 13.8. The molecule has 0 aromatic carbocycles. The molecule has 3 nitrogen and oxygen atoms in total. The Hall–Kier alpha value is -1.55. The van der Waals surface area contributed by atoms with Crippen LogP contribution in [0.2, 0.25) is 0 Å². The van der Waals surface area contributed by atoms with Crippen LogP contribution in [0.3, 0.4) is 0 Å². The van der Waals surface area contributed by atoms with Crippen LogP contribution in [0.15, 0.2) is 35.9 Å². The summed E-state index contributed by atoms with van der Waals surface area (Å²) < 4.78 is 2.40. The van der Waals surface area contributed by atoms with Crippen molar-refractivity contribution in [1.82, 2.24) is 9.47 Å². The molecule has 5 heteroatoms. The lowest BCUT2D eigenvalue weighted by Crippen LogP contribution is -2.15. The summed E-state index contributed by atoms with van der Waals surface area (Å²) in [6, 6.07) is 0. The maximum absolute atomic E-state index is 10.0. The Kier molecular flexibility index (Phi) is 4.43. The van der Waals surface area contributed by atoms with Crippen LogP contribution in [0.4, 0.5) is 0 Å². The topological polar surface area (TPSA) is 28.4 Å². The third-order valence-corrected chi connectivity index (χ3v) is 4.23. The summed E-state index contributed by atoms with van der Waals surface area (Å²) in [6.07, 6.45) is 9.76. The zero-order valence-electron chi connectivity index (χ0n) is 11.0. The molecule has 2 heterocycles. The summed E-state index contributed by atoms with van der Waals surface area (Å²) in [5.74, 6) is 0.226. The highest BCUT2D eigenvalue weighted by Gasteiger charge is 2.08. The second-order valence-electron chi connectivity index (χ2n) is 3.96. The molecule has 0 saturated carbocycles. The number of hydrogen-bond donors (Lipinski definition) is 1. The van der Waals surface area contributed by atoms with E-state index in [1.54, 1.807) is 10.6 Å². The van der Waals surface area contributed by atoms with Gasteiger partial charge in [0.25, 0.3) is 0 Å². The molecule has 1 aromatic heterocycles. The highest BCUT2D eigenvalue weighted by molar-refractivity contribution is 7.73. The molecule has 100 valence electrons. The lowest BCUT2D eigenvalue weighted by atomic mass is 10.2. The largest absolute Gasteiger partial charge is 0.493 e. The molecule has 0 fully saturated rings. The molecule has 2 rings (SSSR count). The fourth-order valence-corrected chi connectivity index (χ4v) is 3.13. The second kappa shape index (κ2) is 6.06. The molecule has 0 spiro atoms. The fraction of sp³-hybridized carbons (Fsp3) is 0.286. The van der Waals surface area contributed by atoms with E-state index in [0.29, 0.717) is 10.5 Å². The van der Waals surface area contributed by atoms with E-state index in [0.717, 1.165) is 17.1 Å². The van der Waals surface area contributed by atoms with Gasteiger partial charge in [0.05, 0.1) is 10.6 Å². The van der Waals surface area contributed by atoms with Crippen LogP contribution in [0.25, 0.3) is 6.08 Å². The Balaban J connectivity index is 2.40. The average Bonchev–Trinajstić information content (AvgIpc) is 2.71. The molecule has 0 atom stereocenters. The van der Waals surface area contributed by atoms with Crippen molar-refractivity contribution in [3.8, 4) is 5.88 Å². The molecule has 0 unspecified atom stereocenters. The van der Waals surface area contributed by atoms with Gasteiger partial charge in [-0.2, -0.15) is 0 Å². The van der Waals surface area contributed by atoms with Crippen molar-refractivity contribution >= 4 is 29.6 Å².